The summed E-state index contributed by atoms with van der Waals surface area (Å²) < 4.78 is 0. The number of carbonyl (C=O) groups excluding carboxylic acids is 1. The summed E-state index contributed by atoms with van der Waals surface area (Å²) in [6.45, 7) is 2.23. The number of anilines is 1. The van der Waals surface area contributed by atoms with E-state index in [9.17, 15) is 4.79 Å². The fourth-order valence-electron chi connectivity index (χ4n) is 2.70. The summed E-state index contributed by atoms with van der Waals surface area (Å²) in [5, 5.41) is 3.61. The molecule has 1 aliphatic carbocycles. The van der Waals surface area contributed by atoms with Crippen molar-refractivity contribution in [1.82, 2.24) is 5.32 Å². The van der Waals surface area contributed by atoms with Crippen LogP contribution in [0.3, 0.4) is 0 Å². The first-order chi connectivity index (χ1) is 9.10. The van der Waals surface area contributed by atoms with E-state index in [1.54, 1.807) is 18.2 Å². The topological polar surface area (TPSA) is 55.1 Å². The van der Waals surface area contributed by atoms with Crippen LogP contribution in [0.15, 0.2) is 18.2 Å². The van der Waals surface area contributed by atoms with Gasteiger partial charge in [-0.2, -0.15) is 0 Å². The van der Waals surface area contributed by atoms with Crippen molar-refractivity contribution in [3.8, 4) is 0 Å². The van der Waals surface area contributed by atoms with Crippen LogP contribution in [0.25, 0.3) is 0 Å². The second kappa shape index (κ2) is 6.29. The summed E-state index contributed by atoms with van der Waals surface area (Å²) in [6, 6.07) is 5.27. The number of halogens is 1. The fourth-order valence-corrected chi connectivity index (χ4v) is 2.88. The number of carbonyl (C=O) groups is 1. The van der Waals surface area contributed by atoms with Gasteiger partial charge in [-0.15, -0.1) is 0 Å². The lowest BCUT2D eigenvalue weighted by Crippen LogP contribution is -2.37. The zero-order chi connectivity index (χ0) is 13.8. The fraction of sp³-hybridized carbons (Fsp3) is 0.533. The van der Waals surface area contributed by atoms with E-state index in [2.05, 4.69) is 12.2 Å². The highest BCUT2D eigenvalue weighted by molar-refractivity contribution is 6.31. The Morgan fingerprint density at radius 2 is 2.05 bits per heavy atom. The third kappa shape index (κ3) is 3.63. The monoisotopic (exact) mass is 280 g/mol. The molecule has 4 heteroatoms. The van der Waals surface area contributed by atoms with Crippen molar-refractivity contribution in [1.29, 1.82) is 0 Å². The highest BCUT2D eigenvalue weighted by atomic mass is 35.5. The van der Waals surface area contributed by atoms with Gasteiger partial charge < -0.3 is 11.1 Å². The zero-order valence-corrected chi connectivity index (χ0v) is 12.0. The van der Waals surface area contributed by atoms with Crippen molar-refractivity contribution >= 4 is 23.2 Å². The molecule has 0 heterocycles. The lowest BCUT2D eigenvalue weighted by Gasteiger charge is -2.28. The van der Waals surface area contributed by atoms with E-state index in [0.29, 0.717) is 16.3 Å². The number of hydrogen-bond donors (Lipinski definition) is 2. The predicted molar refractivity (Wildman–Crippen MR) is 79.4 cm³/mol. The molecule has 0 saturated heterocycles. The minimum atomic E-state index is -0.111. The summed E-state index contributed by atoms with van der Waals surface area (Å²) in [4.78, 5) is 12.2. The molecule has 1 saturated carbocycles. The molecular formula is C15H21ClN2O. The molecule has 3 N–H and O–H groups in total. The quantitative estimate of drug-likeness (QED) is 0.831. The van der Waals surface area contributed by atoms with Gasteiger partial charge in [0.1, 0.15) is 0 Å². The Morgan fingerprint density at radius 1 is 1.37 bits per heavy atom. The summed E-state index contributed by atoms with van der Waals surface area (Å²) in [6.07, 6.45) is 5.76. The van der Waals surface area contributed by atoms with Crippen LogP contribution in [0, 0.1) is 5.92 Å². The van der Waals surface area contributed by atoms with Crippen LogP contribution in [-0.4, -0.2) is 11.9 Å². The molecule has 0 aliphatic heterocycles. The minimum absolute atomic E-state index is 0.111. The Kier molecular flexibility index (Phi) is 4.70. The van der Waals surface area contributed by atoms with E-state index >= 15 is 0 Å². The third-order valence-corrected chi connectivity index (χ3v) is 4.25. The minimum Gasteiger partial charge on any atom is -0.398 e. The molecule has 0 atom stereocenters. The molecule has 1 aromatic rings. The first-order valence-electron chi connectivity index (χ1n) is 6.96. The van der Waals surface area contributed by atoms with Crippen LogP contribution >= 0.6 is 11.6 Å². The Hall–Kier alpha value is -1.22. The van der Waals surface area contributed by atoms with Crippen molar-refractivity contribution < 1.29 is 4.79 Å². The number of nitrogens with two attached hydrogens (primary N) is 1. The first kappa shape index (κ1) is 14.2. The molecule has 2 rings (SSSR count). The highest BCUT2D eigenvalue weighted by Gasteiger charge is 2.22. The Bertz CT molecular complexity index is 453. The van der Waals surface area contributed by atoms with Crippen LogP contribution in [0.4, 0.5) is 5.69 Å². The van der Waals surface area contributed by atoms with Crippen molar-refractivity contribution in [2.75, 3.05) is 5.73 Å². The number of rotatable bonds is 3. The second-order valence-corrected chi connectivity index (χ2v) is 5.77. The smallest absolute Gasteiger partial charge is 0.253 e. The zero-order valence-electron chi connectivity index (χ0n) is 11.3. The van der Waals surface area contributed by atoms with Crippen LogP contribution in [0.5, 0.6) is 0 Å². The van der Waals surface area contributed by atoms with Crippen molar-refractivity contribution in [3.05, 3.63) is 28.8 Å². The van der Waals surface area contributed by atoms with Crippen molar-refractivity contribution in [2.45, 2.75) is 45.1 Å². The summed E-state index contributed by atoms with van der Waals surface area (Å²) in [7, 11) is 0. The normalized spacial score (nSPS) is 23.1. The van der Waals surface area contributed by atoms with E-state index in [-0.39, 0.29) is 11.9 Å². The maximum atomic E-state index is 12.2. The van der Waals surface area contributed by atoms with Crippen LogP contribution in [-0.2, 0) is 0 Å². The van der Waals surface area contributed by atoms with Crippen LogP contribution in [0.2, 0.25) is 5.02 Å². The molecule has 1 aliphatic rings. The second-order valence-electron chi connectivity index (χ2n) is 5.33. The Labute approximate surface area is 119 Å². The Morgan fingerprint density at radius 3 is 2.68 bits per heavy atom. The van der Waals surface area contributed by atoms with Gasteiger partial charge in [-0.3, -0.25) is 4.79 Å². The van der Waals surface area contributed by atoms with Gasteiger partial charge in [0.2, 0.25) is 0 Å². The molecule has 0 spiro atoms. The average Bonchev–Trinajstić information content (AvgIpc) is 2.42. The van der Waals surface area contributed by atoms with E-state index < -0.39 is 0 Å². The maximum Gasteiger partial charge on any atom is 0.253 e. The van der Waals surface area contributed by atoms with Gasteiger partial charge in [-0.1, -0.05) is 24.9 Å². The van der Waals surface area contributed by atoms with Gasteiger partial charge in [0.15, 0.2) is 0 Å². The van der Waals surface area contributed by atoms with Gasteiger partial charge >= 0.3 is 0 Å². The molecule has 104 valence electrons. The Balaban J connectivity index is 1.96. The number of amides is 1. The van der Waals surface area contributed by atoms with Crippen molar-refractivity contribution in [2.24, 2.45) is 5.92 Å². The predicted octanol–water partition coefficient (Wildman–Crippen LogP) is 3.62. The summed E-state index contributed by atoms with van der Waals surface area (Å²) in [5.74, 6) is 0.712. The lowest BCUT2D eigenvalue weighted by molar-refractivity contribution is 0.0922. The average molecular weight is 281 g/mol. The molecule has 1 amide bonds. The van der Waals surface area contributed by atoms with Gasteiger partial charge in [0.25, 0.3) is 5.91 Å². The SMILES string of the molecule is CCC1CCC(NC(=O)c2cc(Cl)ccc2N)CC1. The van der Waals surface area contributed by atoms with Crippen LogP contribution in [0.1, 0.15) is 49.4 Å². The molecule has 1 aromatic carbocycles. The lowest BCUT2D eigenvalue weighted by atomic mass is 9.84. The van der Waals surface area contributed by atoms with Gasteiger partial charge in [-0.25, -0.2) is 0 Å². The number of hydrogen-bond acceptors (Lipinski definition) is 2. The van der Waals surface area contributed by atoms with E-state index in [4.69, 9.17) is 17.3 Å². The summed E-state index contributed by atoms with van der Waals surface area (Å²) in [5.41, 5.74) is 6.77. The van der Waals surface area contributed by atoms with E-state index in [0.717, 1.165) is 18.8 Å². The maximum absolute atomic E-state index is 12.2. The van der Waals surface area contributed by atoms with Gasteiger partial charge in [0, 0.05) is 16.8 Å². The van der Waals surface area contributed by atoms with Gasteiger partial charge in [-0.05, 0) is 49.8 Å². The summed E-state index contributed by atoms with van der Waals surface area (Å²) >= 11 is 5.91. The number of benzene rings is 1. The molecule has 0 unspecified atom stereocenters. The molecular weight excluding hydrogens is 260 g/mol. The molecule has 3 nitrogen and oxygen atoms in total. The third-order valence-electron chi connectivity index (χ3n) is 4.02. The van der Waals surface area contributed by atoms with Gasteiger partial charge in [0.05, 0.1) is 5.56 Å². The largest absolute Gasteiger partial charge is 0.398 e. The standard InChI is InChI=1S/C15H21ClN2O/c1-2-10-3-6-12(7-4-10)18-15(19)13-9-11(16)5-8-14(13)17/h5,8-10,12H,2-4,6-7,17H2,1H3,(H,18,19). The number of nitrogens with one attached hydrogen (secondary N) is 1. The molecule has 0 aromatic heterocycles. The highest BCUT2D eigenvalue weighted by Crippen LogP contribution is 2.27. The first-order valence-corrected chi connectivity index (χ1v) is 7.33. The molecule has 0 bridgehead atoms. The van der Waals surface area contributed by atoms with Crippen molar-refractivity contribution in [3.63, 3.8) is 0 Å². The van der Waals surface area contributed by atoms with Crippen LogP contribution < -0.4 is 11.1 Å². The molecule has 0 radical (unpaired) electrons. The number of nitrogen functional groups attached to an aromatic ring is 1. The molecule has 1 fully saturated rings. The van der Waals surface area contributed by atoms with E-state index in [1.165, 1.54) is 19.3 Å². The van der Waals surface area contributed by atoms with E-state index in [1.807, 2.05) is 0 Å². The molecule has 19 heavy (non-hydrogen) atoms.